The van der Waals surface area contributed by atoms with Crippen molar-refractivity contribution < 1.29 is 8.78 Å². The molecule has 104 valence electrons. The number of aliphatic imine (C=N–C) groups is 2. The molecule has 4 rings (SSSR count). The van der Waals surface area contributed by atoms with Crippen molar-refractivity contribution in [3.63, 3.8) is 0 Å². The molecule has 0 aromatic heterocycles. The quantitative estimate of drug-likeness (QED) is 0.789. The number of benzene rings is 2. The maximum absolute atomic E-state index is 13.5. The highest BCUT2D eigenvalue weighted by molar-refractivity contribution is 6.53. The van der Waals surface area contributed by atoms with Crippen LogP contribution in [0.4, 0.5) is 20.2 Å². The monoisotopic (exact) mass is 283 g/mol. The van der Waals surface area contributed by atoms with Crippen LogP contribution in [0.25, 0.3) is 0 Å². The van der Waals surface area contributed by atoms with E-state index in [1.165, 1.54) is 6.07 Å². The van der Waals surface area contributed by atoms with Gasteiger partial charge in [0.2, 0.25) is 0 Å². The summed E-state index contributed by atoms with van der Waals surface area (Å²) in [5.74, 6) is -1.03. The van der Waals surface area contributed by atoms with Crippen LogP contribution in [0.3, 0.4) is 0 Å². The lowest BCUT2D eigenvalue weighted by atomic mass is 10.1. The minimum absolute atomic E-state index is 0.439. The van der Waals surface area contributed by atoms with E-state index in [9.17, 15) is 8.78 Å². The standard InChI is InChI=1S/C16H11F2N3/c17-11-8-13-14(9-12(11)18)21-7-6-19-16(21)15(20-13)10-4-2-1-3-5-10/h1-5,8-9H,6-7H2. The first kappa shape index (κ1) is 12.2. The summed E-state index contributed by atoms with van der Waals surface area (Å²) in [6.07, 6.45) is 0. The summed E-state index contributed by atoms with van der Waals surface area (Å²) in [5.41, 5.74) is 2.63. The van der Waals surface area contributed by atoms with Crippen LogP contribution in [0.5, 0.6) is 0 Å². The summed E-state index contributed by atoms with van der Waals surface area (Å²) in [7, 11) is 0. The summed E-state index contributed by atoms with van der Waals surface area (Å²) in [4.78, 5) is 10.9. The highest BCUT2D eigenvalue weighted by atomic mass is 19.2. The molecule has 0 N–H and O–H groups in total. The Morgan fingerprint density at radius 2 is 1.76 bits per heavy atom. The van der Waals surface area contributed by atoms with Crippen molar-refractivity contribution in [2.45, 2.75) is 0 Å². The minimum Gasteiger partial charge on any atom is -0.321 e. The van der Waals surface area contributed by atoms with Gasteiger partial charge in [-0.05, 0) is 0 Å². The van der Waals surface area contributed by atoms with Gasteiger partial charge in [-0.1, -0.05) is 30.3 Å². The average Bonchev–Trinajstić information content (AvgIpc) is 2.99. The first-order chi connectivity index (χ1) is 10.2. The first-order valence-electron chi connectivity index (χ1n) is 6.69. The van der Waals surface area contributed by atoms with E-state index in [1.807, 2.05) is 35.2 Å². The number of hydrogen-bond donors (Lipinski definition) is 0. The van der Waals surface area contributed by atoms with Crippen LogP contribution in [0, 0.1) is 11.6 Å². The summed E-state index contributed by atoms with van der Waals surface area (Å²) >= 11 is 0. The van der Waals surface area contributed by atoms with E-state index >= 15 is 0 Å². The van der Waals surface area contributed by atoms with Gasteiger partial charge in [0.1, 0.15) is 5.71 Å². The molecule has 0 spiro atoms. The number of anilines is 1. The number of fused-ring (bicyclic) bond motifs is 3. The second-order valence-corrected chi connectivity index (χ2v) is 4.94. The van der Waals surface area contributed by atoms with Gasteiger partial charge in [-0.3, -0.25) is 4.99 Å². The molecule has 21 heavy (non-hydrogen) atoms. The van der Waals surface area contributed by atoms with Crippen LogP contribution in [-0.4, -0.2) is 24.6 Å². The van der Waals surface area contributed by atoms with Crippen molar-refractivity contribution in [1.82, 2.24) is 0 Å². The van der Waals surface area contributed by atoms with Crippen molar-refractivity contribution in [2.24, 2.45) is 9.98 Å². The third kappa shape index (κ3) is 1.85. The van der Waals surface area contributed by atoms with Crippen molar-refractivity contribution >= 4 is 22.9 Å². The number of amidine groups is 1. The van der Waals surface area contributed by atoms with E-state index in [4.69, 9.17) is 0 Å². The Morgan fingerprint density at radius 1 is 1.00 bits per heavy atom. The smallest absolute Gasteiger partial charge is 0.161 e. The molecule has 0 saturated heterocycles. The van der Waals surface area contributed by atoms with Crippen LogP contribution in [-0.2, 0) is 0 Å². The Morgan fingerprint density at radius 3 is 2.57 bits per heavy atom. The molecule has 0 bridgehead atoms. The molecule has 2 aliphatic rings. The molecule has 0 radical (unpaired) electrons. The number of halogens is 2. The lowest BCUT2D eigenvalue weighted by molar-refractivity contribution is 0.509. The Balaban J connectivity index is 1.95. The maximum atomic E-state index is 13.5. The molecule has 0 aliphatic carbocycles. The van der Waals surface area contributed by atoms with E-state index in [0.717, 1.165) is 17.5 Å². The fraction of sp³-hybridized carbons (Fsp3) is 0.125. The van der Waals surface area contributed by atoms with E-state index < -0.39 is 11.6 Å². The van der Waals surface area contributed by atoms with Crippen molar-refractivity contribution in [3.8, 4) is 0 Å². The van der Waals surface area contributed by atoms with Crippen LogP contribution in [0.1, 0.15) is 5.56 Å². The van der Waals surface area contributed by atoms with Gasteiger partial charge >= 0.3 is 0 Å². The fourth-order valence-electron chi connectivity index (χ4n) is 2.68. The molecule has 0 saturated carbocycles. The van der Waals surface area contributed by atoms with Crippen molar-refractivity contribution in [1.29, 1.82) is 0 Å². The molecule has 3 nitrogen and oxygen atoms in total. The predicted octanol–water partition coefficient (Wildman–Crippen LogP) is 3.32. The first-order valence-corrected chi connectivity index (χ1v) is 6.69. The van der Waals surface area contributed by atoms with E-state index in [2.05, 4.69) is 9.98 Å². The molecular weight excluding hydrogens is 272 g/mol. The lowest BCUT2D eigenvalue weighted by Gasteiger charge is -2.27. The molecule has 2 heterocycles. The zero-order valence-corrected chi connectivity index (χ0v) is 11.1. The highest BCUT2D eigenvalue weighted by Crippen LogP contribution is 2.37. The van der Waals surface area contributed by atoms with Crippen molar-refractivity contribution in [3.05, 3.63) is 59.7 Å². The molecule has 5 heteroatoms. The fourth-order valence-corrected chi connectivity index (χ4v) is 2.68. The lowest BCUT2D eigenvalue weighted by Crippen LogP contribution is -2.36. The molecule has 2 aromatic rings. The molecule has 0 amide bonds. The highest BCUT2D eigenvalue weighted by Gasteiger charge is 2.31. The maximum Gasteiger partial charge on any atom is 0.161 e. The van der Waals surface area contributed by atoms with Crippen LogP contribution >= 0.6 is 0 Å². The molecule has 2 aromatic carbocycles. The number of rotatable bonds is 1. The van der Waals surface area contributed by atoms with E-state index in [-0.39, 0.29) is 0 Å². The summed E-state index contributed by atoms with van der Waals surface area (Å²) in [5, 5.41) is 0. The topological polar surface area (TPSA) is 28.0 Å². The Hall–Kier alpha value is -2.56. The van der Waals surface area contributed by atoms with E-state index in [0.29, 0.717) is 30.2 Å². The van der Waals surface area contributed by atoms with Crippen molar-refractivity contribution in [2.75, 3.05) is 18.0 Å². The number of hydrogen-bond acceptors (Lipinski definition) is 3. The third-order valence-electron chi connectivity index (χ3n) is 3.64. The minimum atomic E-state index is -0.885. The Bertz CT molecular complexity index is 782. The molecule has 0 unspecified atom stereocenters. The molecule has 2 aliphatic heterocycles. The van der Waals surface area contributed by atoms with Crippen LogP contribution in [0.15, 0.2) is 52.4 Å². The van der Waals surface area contributed by atoms with Crippen LogP contribution < -0.4 is 4.90 Å². The van der Waals surface area contributed by atoms with Gasteiger partial charge in [-0.15, -0.1) is 0 Å². The number of nitrogens with zero attached hydrogens (tertiary/aromatic N) is 3. The van der Waals surface area contributed by atoms with Gasteiger partial charge in [-0.2, -0.15) is 0 Å². The second-order valence-electron chi connectivity index (χ2n) is 4.94. The van der Waals surface area contributed by atoms with Gasteiger partial charge in [-0.25, -0.2) is 13.8 Å². The predicted molar refractivity (Wildman–Crippen MR) is 78.6 cm³/mol. The van der Waals surface area contributed by atoms with Gasteiger partial charge in [0.15, 0.2) is 17.5 Å². The zero-order valence-electron chi connectivity index (χ0n) is 11.1. The van der Waals surface area contributed by atoms with E-state index in [1.54, 1.807) is 0 Å². The molecular formula is C16H11F2N3. The summed E-state index contributed by atoms with van der Waals surface area (Å²) in [6, 6.07) is 12.0. The second kappa shape index (κ2) is 4.48. The zero-order chi connectivity index (χ0) is 14.4. The van der Waals surface area contributed by atoms with Gasteiger partial charge in [0.25, 0.3) is 0 Å². The SMILES string of the molecule is Fc1cc2c(cc1F)N1CCN=C1C(c1ccccc1)=N2. The van der Waals surface area contributed by atoms with Gasteiger partial charge in [0.05, 0.1) is 17.9 Å². The average molecular weight is 283 g/mol. The third-order valence-corrected chi connectivity index (χ3v) is 3.64. The summed E-state index contributed by atoms with van der Waals surface area (Å²) < 4.78 is 27.0. The summed E-state index contributed by atoms with van der Waals surface area (Å²) in [6.45, 7) is 1.28. The van der Waals surface area contributed by atoms with Gasteiger partial charge < -0.3 is 4.90 Å². The Labute approximate surface area is 120 Å². The molecule has 0 fully saturated rings. The van der Waals surface area contributed by atoms with Crippen LogP contribution in [0.2, 0.25) is 0 Å². The largest absolute Gasteiger partial charge is 0.321 e. The Kier molecular flexibility index (Phi) is 2.60. The molecule has 0 atom stereocenters. The van der Waals surface area contributed by atoms with Gasteiger partial charge in [0, 0.05) is 24.2 Å². The normalized spacial score (nSPS) is 16.2.